The number of aromatic nitrogens is 3. The van der Waals surface area contributed by atoms with Crippen LogP contribution in [-0.2, 0) is 0 Å². The van der Waals surface area contributed by atoms with Gasteiger partial charge in [0.15, 0.2) is 5.82 Å². The van der Waals surface area contributed by atoms with E-state index < -0.39 is 0 Å². The molecule has 0 N–H and O–H groups in total. The topological polar surface area (TPSA) is 51.8 Å². The van der Waals surface area contributed by atoms with Gasteiger partial charge in [-0.2, -0.15) is 0 Å². The van der Waals surface area contributed by atoms with Crippen LogP contribution in [-0.4, -0.2) is 15.0 Å². The second-order valence-corrected chi connectivity index (χ2v) is 13.7. The number of furan rings is 1. The first-order valence-corrected chi connectivity index (χ1v) is 18.4. The third kappa shape index (κ3) is 6.36. The smallest absolute Gasteiger partial charge is 0.160 e. The quantitative estimate of drug-likeness (QED) is 0.166. The first-order chi connectivity index (χ1) is 27.2. The minimum Gasteiger partial charge on any atom is -0.456 e. The van der Waals surface area contributed by atoms with Crippen LogP contribution < -0.4 is 0 Å². The van der Waals surface area contributed by atoms with Gasteiger partial charge in [0.2, 0.25) is 0 Å². The highest BCUT2D eigenvalue weighted by Gasteiger charge is 2.16. The summed E-state index contributed by atoms with van der Waals surface area (Å²) in [7, 11) is 0. The molecule has 0 aliphatic carbocycles. The molecule has 55 heavy (non-hydrogen) atoms. The lowest BCUT2D eigenvalue weighted by atomic mass is 9.93. The molecule has 0 aliphatic rings. The number of hydrogen-bond donors (Lipinski definition) is 0. The zero-order chi connectivity index (χ0) is 36.6. The maximum absolute atomic E-state index is 6.20. The normalized spacial score (nSPS) is 11.3. The standard InChI is InChI=1S/C51H33N3O/c1-3-10-34(11-4-1)35-18-20-36(21-19-35)42-29-43(40-22-23-50-46(32-40)45-16-7-8-17-49(45)55-50)31-44(30-42)48-33-47(53-51(54-48)38-12-5-2-6-13-38)41-15-9-14-39(28-41)37-24-26-52-27-25-37/h1-33H. The Morgan fingerprint density at radius 3 is 1.55 bits per heavy atom. The van der Waals surface area contributed by atoms with Crippen molar-refractivity contribution in [1.29, 1.82) is 0 Å². The number of nitrogens with zero attached hydrogens (tertiary/aromatic N) is 3. The van der Waals surface area contributed by atoms with Crippen LogP contribution in [0.15, 0.2) is 205 Å². The van der Waals surface area contributed by atoms with Gasteiger partial charge in [0, 0.05) is 39.9 Å². The summed E-state index contributed by atoms with van der Waals surface area (Å²) >= 11 is 0. The molecule has 258 valence electrons. The third-order valence-corrected chi connectivity index (χ3v) is 10.2. The Morgan fingerprint density at radius 2 is 0.782 bits per heavy atom. The molecule has 4 heteroatoms. The van der Waals surface area contributed by atoms with Gasteiger partial charge in [-0.05, 0) is 105 Å². The second-order valence-electron chi connectivity index (χ2n) is 13.7. The van der Waals surface area contributed by atoms with Crippen LogP contribution in [0.3, 0.4) is 0 Å². The van der Waals surface area contributed by atoms with Gasteiger partial charge in [-0.3, -0.25) is 4.98 Å². The van der Waals surface area contributed by atoms with Gasteiger partial charge in [-0.1, -0.05) is 127 Å². The average Bonchev–Trinajstić information content (AvgIpc) is 3.65. The predicted octanol–water partition coefficient (Wildman–Crippen LogP) is 13.4. The highest BCUT2D eigenvalue weighted by molar-refractivity contribution is 6.06. The first kappa shape index (κ1) is 32.2. The molecule has 0 aliphatic heterocycles. The zero-order valence-corrected chi connectivity index (χ0v) is 29.8. The van der Waals surface area contributed by atoms with Gasteiger partial charge in [0.1, 0.15) is 11.2 Å². The average molecular weight is 704 g/mol. The summed E-state index contributed by atoms with van der Waals surface area (Å²) in [6, 6.07) is 65.7. The van der Waals surface area contributed by atoms with E-state index in [9.17, 15) is 0 Å². The van der Waals surface area contributed by atoms with E-state index in [1.54, 1.807) is 0 Å². The van der Waals surface area contributed by atoms with E-state index >= 15 is 0 Å². The van der Waals surface area contributed by atoms with Gasteiger partial charge in [0.05, 0.1) is 11.4 Å². The molecule has 3 aromatic heterocycles. The lowest BCUT2D eigenvalue weighted by molar-refractivity contribution is 0.669. The lowest BCUT2D eigenvalue weighted by Crippen LogP contribution is -1.97. The first-order valence-electron chi connectivity index (χ1n) is 18.4. The fourth-order valence-electron chi connectivity index (χ4n) is 7.36. The summed E-state index contributed by atoms with van der Waals surface area (Å²) in [5.74, 6) is 0.674. The Kier molecular flexibility index (Phi) is 8.12. The van der Waals surface area contributed by atoms with Crippen LogP contribution in [0.4, 0.5) is 0 Å². The molecule has 0 atom stereocenters. The van der Waals surface area contributed by atoms with Gasteiger partial charge in [0.25, 0.3) is 0 Å². The van der Waals surface area contributed by atoms with Crippen molar-refractivity contribution < 1.29 is 4.42 Å². The van der Waals surface area contributed by atoms with Crippen molar-refractivity contribution in [2.45, 2.75) is 0 Å². The van der Waals surface area contributed by atoms with Crippen molar-refractivity contribution in [1.82, 2.24) is 15.0 Å². The summed E-state index contributed by atoms with van der Waals surface area (Å²) in [4.78, 5) is 14.6. The molecule has 7 aromatic carbocycles. The predicted molar refractivity (Wildman–Crippen MR) is 225 cm³/mol. The second kappa shape index (κ2) is 13.8. The third-order valence-electron chi connectivity index (χ3n) is 10.2. The molecule has 10 rings (SSSR count). The lowest BCUT2D eigenvalue weighted by Gasteiger charge is -2.14. The fourth-order valence-corrected chi connectivity index (χ4v) is 7.36. The van der Waals surface area contributed by atoms with Gasteiger partial charge < -0.3 is 4.42 Å². The maximum Gasteiger partial charge on any atom is 0.160 e. The molecule has 0 bridgehead atoms. The molecule has 4 nitrogen and oxygen atoms in total. The Morgan fingerprint density at radius 1 is 0.291 bits per heavy atom. The minimum atomic E-state index is 0.674. The van der Waals surface area contributed by atoms with Crippen LogP contribution in [0.25, 0.3) is 100 Å². The van der Waals surface area contributed by atoms with Crippen LogP contribution in [0.1, 0.15) is 0 Å². The van der Waals surface area contributed by atoms with E-state index in [0.717, 1.165) is 83.4 Å². The molecule has 0 saturated carbocycles. The monoisotopic (exact) mass is 703 g/mol. The minimum absolute atomic E-state index is 0.674. The molecule has 10 aromatic rings. The number of fused-ring (bicyclic) bond motifs is 3. The summed E-state index contributed by atoms with van der Waals surface area (Å²) in [6.07, 6.45) is 3.65. The van der Waals surface area contributed by atoms with Crippen LogP contribution in [0.5, 0.6) is 0 Å². The number of rotatable bonds is 7. The van der Waals surface area contributed by atoms with E-state index in [0.29, 0.717) is 5.82 Å². The van der Waals surface area contributed by atoms with E-state index in [-0.39, 0.29) is 0 Å². The summed E-state index contributed by atoms with van der Waals surface area (Å²) in [5.41, 5.74) is 15.4. The molecule has 3 heterocycles. The molecule has 0 amide bonds. The number of hydrogen-bond acceptors (Lipinski definition) is 4. The number of pyridine rings is 1. The molecule has 0 unspecified atom stereocenters. The Labute approximate surface area is 319 Å². The molecule has 0 saturated heterocycles. The van der Waals surface area contributed by atoms with Crippen LogP contribution in [0.2, 0.25) is 0 Å². The van der Waals surface area contributed by atoms with Crippen molar-refractivity contribution in [2.75, 3.05) is 0 Å². The fraction of sp³-hybridized carbons (Fsp3) is 0. The highest BCUT2D eigenvalue weighted by atomic mass is 16.3. The SMILES string of the molecule is c1ccc(-c2ccc(-c3cc(-c4ccc5oc6ccccc6c5c4)cc(-c4cc(-c5cccc(-c6ccncc6)c5)nc(-c5ccccc5)n4)c3)cc2)cc1. The van der Waals surface area contributed by atoms with Crippen molar-refractivity contribution in [3.63, 3.8) is 0 Å². The number of para-hydroxylation sites is 1. The Bertz CT molecular complexity index is 2950. The van der Waals surface area contributed by atoms with E-state index in [1.165, 1.54) is 11.1 Å². The highest BCUT2D eigenvalue weighted by Crippen LogP contribution is 2.38. The largest absolute Gasteiger partial charge is 0.456 e. The molecular formula is C51H33N3O. The van der Waals surface area contributed by atoms with Crippen molar-refractivity contribution in [3.8, 4) is 78.4 Å². The van der Waals surface area contributed by atoms with Crippen LogP contribution in [0, 0.1) is 0 Å². The van der Waals surface area contributed by atoms with E-state index in [1.807, 2.05) is 60.9 Å². The van der Waals surface area contributed by atoms with Crippen LogP contribution >= 0.6 is 0 Å². The summed E-state index contributed by atoms with van der Waals surface area (Å²) in [6.45, 7) is 0. The summed E-state index contributed by atoms with van der Waals surface area (Å²) < 4.78 is 6.20. The summed E-state index contributed by atoms with van der Waals surface area (Å²) in [5, 5.41) is 2.20. The Balaban J connectivity index is 1.16. The van der Waals surface area contributed by atoms with E-state index in [2.05, 4.69) is 145 Å². The molecule has 0 spiro atoms. The Hall–Kier alpha value is -7.43. The van der Waals surface area contributed by atoms with Crippen molar-refractivity contribution >= 4 is 21.9 Å². The number of benzene rings is 7. The molecule has 0 radical (unpaired) electrons. The molecular weight excluding hydrogens is 671 g/mol. The zero-order valence-electron chi connectivity index (χ0n) is 29.8. The van der Waals surface area contributed by atoms with Crippen molar-refractivity contribution in [3.05, 3.63) is 200 Å². The van der Waals surface area contributed by atoms with Gasteiger partial charge >= 0.3 is 0 Å². The van der Waals surface area contributed by atoms with Gasteiger partial charge in [-0.15, -0.1) is 0 Å². The van der Waals surface area contributed by atoms with E-state index in [4.69, 9.17) is 14.4 Å². The van der Waals surface area contributed by atoms with Crippen molar-refractivity contribution in [2.24, 2.45) is 0 Å². The van der Waals surface area contributed by atoms with Gasteiger partial charge in [-0.25, -0.2) is 9.97 Å². The molecule has 0 fully saturated rings. The maximum atomic E-state index is 6.20.